The summed E-state index contributed by atoms with van der Waals surface area (Å²) in [4.78, 5) is 23.6. The van der Waals surface area contributed by atoms with E-state index in [4.69, 9.17) is 9.47 Å². The molecule has 0 radical (unpaired) electrons. The Morgan fingerprint density at radius 1 is 1.00 bits per heavy atom. The summed E-state index contributed by atoms with van der Waals surface area (Å²) in [5.41, 5.74) is 2.22. The van der Waals surface area contributed by atoms with Crippen molar-refractivity contribution < 1.29 is 32.2 Å². The van der Waals surface area contributed by atoms with Crippen molar-refractivity contribution >= 4 is 17.6 Å². The highest BCUT2D eigenvalue weighted by Crippen LogP contribution is 2.31. The molecule has 0 aliphatic heterocycles. The molecule has 148 valence electrons. The number of hydrogen-bond donors (Lipinski definition) is 1. The van der Waals surface area contributed by atoms with Crippen LogP contribution in [0.3, 0.4) is 0 Å². The third-order valence-corrected chi connectivity index (χ3v) is 4.26. The number of rotatable bonds is 6. The van der Waals surface area contributed by atoms with Crippen LogP contribution in [0.15, 0.2) is 42.5 Å². The van der Waals surface area contributed by atoms with Crippen molar-refractivity contribution in [1.29, 1.82) is 0 Å². The molecule has 0 aromatic heterocycles. The van der Waals surface area contributed by atoms with E-state index < -0.39 is 36.8 Å². The molecule has 0 saturated heterocycles. The summed E-state index contributed by atoms with van der Waals surface area (Å²) in [6, 6.07) is 9.81. The summed E-state index contributed by atoms with van der Waals surface area (Å²) in [6.45, 7) is -1.12. The fourth-order valence-electron chi connectivity index (χ4n) is 2.94. The second-order valence-electron chi connectivity index (χ2n) is 6.36. The van der Waals surface area contributed by atoms with Crippen LogP contribution in [0.25, 0.3) is 0 Å². The number of alkyl halides is 3. The Morgan fingerprint density at radius 2 is 1.79 bits per heavy atom. The molecule has 1 aliphatic rings. The Kier molecular flexibility index (Phi) is 5.87. The van der Waals surface area contributed by atoms with Gasteiger partial charge in [-0.2, -0.15) is 13.2 Å². The van der Waals surface area contributed by atoms with E-state index in [0.29, 0.717) is 5.69 Å². The zero-order valence-electron chi connectivity index (χ0n) is 14.8. The van der Waals surface area contributed by atoms with Crippen LogP contribution >= 0.6 is 0 Å². The van der Waals surface area contributed by atoms with Crippen molar-refractivity contribution in [2.24, 2.45) is 0 Å². The van der Waals surface area contributed by atoms with Crippen molar-refractivity contribution in [3.05, 3.63) is 59.2 Å². The van der Waals surface area contributed by atoms with Crippen molar-refractivity contribution in [3.63, 3.8) is 0 Å². The van der Waals surface area contributed by atoms with Gasteiger partial charge in [0.2, 0.25) is 0 Å². The molecule has 0 spiro atoms. The Labute approximate surface area is 159 Å². The lowest BCUT2D eigenvalue weighted by Crippen LogP contribution is -2.23. The number of carbonyl (C=O) groups excluding carboxylic acids is 2. The first kappa shape index (κ1) is 19.7. The number of amides is 1. The lowest BCUT2D eigenvalue weighted by atomic mass is 10.1. The van der Waals surface area contributed by atoms with Gasteiger partial charge in [0.05, 0.1) is 5.56 Å². The lowest BCUT2D eigenvalue weighted by molar-refractivity contribution is -0.149. The number of ether oxygens (including phenoxy) is 2. The highest BCUT2D eigenvalue weighted by atomic mass is 19.4. The van der Waals surface area contributed by atoms with Crippen LogP contribution in [0.5, 0.6) is 5.75 Å². The van der Waals surface area contributed by atoms with Crippen molar-refractivity contribution in [1.82, 2.24) is 0 Å². The van der Waals surface area contributed by atoms with Gasteiger partial charge in [-0.25, -0.2) is 4.79 Å². The number of carbonyl (C=O) groups is 2. The smallest absolute Gasteiger partial charge is 0.416 e. The molecular formula is C20H18F3NO4. The van der Waals surface area contributed by atoms with Gasteiger partial charge in [-0.05, 0) is 60.7 Å². The SMILES string of the molecule is O=C(COC(=O)COc1cccc(C(F)(F)F)c1)Nc1ccc2c(c1)CCC2. The lowest BCUT2D eigenvalue weighted by Gasteiger charge is -2.10. The molecule has 2 aromatic rings. The molecule has 8 heteroatoms. The van der Waals surface area contributed by atoms with Gasteiger partial charge in [0.1, 0.15) is 5.75 Å². The second-order valence-corrected chi connectivity index (χ2v) is 6.36. The topological polar surface area (TPSA) is 64.6 Å². The van der Waals surface area contributed by atoms with E-state index in [1.165, 1.54) is 23.3 Å². The molecule has 3 rings (SSSR count). The van der Waals surface area contributed by atoms with Gasteiger partial charge in [-0.3, -0.25) is 4.79 Å². The summed E-state index contributed by atoms with van der Waals surface area (Å²) in [5.74, 6) is -1.48. The first-order chi connectivity index (χ1) is 13.3. The number of fused-ring (bicyclic) bond motifs is 1. The van der Waals surface area contributed by atoms with E-state index >= 15 is 0 Å². The molecule has 0 bridgehead atoms. The monoisotopic (exact) mass is 393 g/mol. The quantitative estimate of drug-likeness (QED) is 0.760. The van der Waals surface area contributed by atoms with Gasteiger partial charge in [0.15, 0.2) is 13.2 Å². The fraction of sp³-hybridized carbons (Fsp3) is 0.300. The predicted molar refractivity (Wildman–Crippen MR) is 95.0 cm³/mol. The Bertz CT molecular complexity index is 880. The second kappa shape index (κ2) is 8.33. The number of benzene rings is 2. The fourth-order valence-corrected chi connectivity index (χ4v) is 2.94. The van der Waals surface area contributed by atoms with Crippen LogP contribution in [-0.2, 0) is 33.3 Å². The minimum absolute atomic E-state index is 0.116. The molecule has 0 unspecified atom stereocenters. The molecule has 0 fully saturated rings. The molecular weight excluding hydrogens is 375 g/mol. The maximum Gasteiger partial charge on any atom is 0.416 e. The van der Waals surface area contributed by atoms with Gasteiger partial charge in [0.25, 0.3) is 5.91 Å². The third-order valence-electron chi connectivity index (χ3n) is 4.26. The Morgan fingerprint density at radius 3 is 2.57 bits per heavy atom. The summed E-state index contributed by atoms with van der Waals surface area (Å²) in [7, 11) is 0. The molecule has 1 aliphatic carbocycles. The zero-order chi connectivity index (χ0) is 20.1. The highest BCUT2D eigenvalue weighted by molar-refractivity contribution is 5.93. The van der Waals surface area contributed by atoms with E-state index in [0.717, 1.165) is 31.4 Å². The molecule has 2 aromatic carbocycles. The van der Waals surface area contributed by atoms with Crippen LogP contribution in [0, 0.1) is 0 Å². The normalized spacial score (nSPS) is 13.0. The van der Waals surface area contributed by atoms with Gasteiger partial charge >= 0.3 is 12.1 Å². The van der Waals surface area contributed by atoms with Gasteiger partial charge < -0.3 is 14.8 Å². The van der Waals surface area contributed by atoms with E-state index in [9.17, 15) is 22.8 Å². The van der Waals surface area contributed by atoms with Gasteiger partial charge in [-0.1, -0.05) is 12.1 Å². The first-order valence-electron chi connectivity index (χ1n) is 8.68. The van der Waals surface area contributed by atoms with Gasteiger partial charge in [-0.15, -0.1) is 0 Å². The number of halogens is 3. The number of anilines is 1. The molecule has 5 nitrogen and oxygen atoms in total. The summed E-state index contributed by atoms with van der Waals surface area (Å²) in [5, 5.41) is 2.64. The molecule has 28 heavy (non-hydrogen) atoms. The average Bonchev–Trinajstić information content (AvgIpc) is 3.12. The van der Waals surface area contributed by atoms with Crippen molar-refractivity contribution in [3.8, 4) is 5.75 Å². The van der Waals surface area contributed by atoms with Crippen LogP contribution < -0.4 is 10.1 Å². The molecule has 0 heterocycles. The summed E-state index contributed by atoms with van der Waals surface area (Å²) < 4.78 is 47.7. The number of hydrogen-bond acceptors (Lipinski definition) is 4. The van der Waals surface area contributed by atoms with E-state index in [1.54, 1.807) is 6.07 Å². The number of aryl methyl sites for hydroxylation is 2. The standard InChI is InChI=1S/C20H18F3NO4/c21-20(22,23)15-5-2-6-17(10-15)27-12-19(26)28-11-18(25)24-16-8-7-13-3-1-4-14(13)9-16/h2,5-10H,1,3-4,11-12H2,(H,24,25). The number of nitrogens with one attached hydrogen (secondary N) is 1. The minimum atomic E-state index is -4.50. The van der Waals surface area contributed by atoms with Crippen molar-refractivity contribution in [2.45, 2.75) is 25.4 Å². The van der Waals surface area contributed by atoms with Gasteiger partial charge in [0, 0.05) is 5.69 Å². The van der Waals surface area contributed by atoms with Crippen LogP contribution in [0.1, 0.15) is 23.1 Å². The first-order valence-corrected chi connectivity index (χ1v) is 8.68. The van der Waals surface area contributed by atoms with E-state index in [1.807, 2.05) is 12.1 Å². The summed E-state index contributed by atoms with van der Waals surface area (Å²) >= 11 is 0. The highest BCUT2D eigenvalue weighted by Gasteiger charge is 2.30. The average molecular weight is 393 g/mol. The molecule has 1 N–H and O–H groups in total. The molecule has 0 atom stereocenters. The molecule has 1 amide bonds. The Balaban J connectivity index is 1.43. The maximum absolute atomic E-state index is 12.6. The van der Waals surface area contributed by atoms with Crippen LogP contribution in [-0.4, -0.2) is 25.1 Å². The van der Waals surface area contributed by atoms with E-state index in [2.05, 4.69) is 5.32 Å². The summed E-state index contributed by atoms with van der Waals surface area (Å²) in [6.07, 6.45) is -1.40. The zero-order valence-corrected chi connectivity index (χ0v) is 14.8. The maximum atomic E-state index is 12.6. The minimum Gasteiger partial charge on any atom is -0.482 e. The van der Waals surface area contributed by atoms with Crippen molar-refractivity contribution in [2.75, 3.05) is 18.5 Å². The van der Waals surface area contributed by atoms with Crippen LogP contribution in [0.4, 0.5) is 18.9 Å². The largest absolute Gasteiger partial charge is 0.482 e. The predicted octanol–water partition coefficient (Wildman–Crippen LogP) is 3.75. The molecule has 0 saturated carbocycles. The van der Waals surface area contributed by atoms with Crippen LogP contribution in [0.2, 0.25) is 0 Å². The number of esters is 1. The Hall–Kier alpha value is -3.03. The van der Waals surface area contributed by atoms with E-state index in [-0.39, 0.29) is 5.75 Å². The third kappa shape index (κ3) is 5.25.